The second-order valence-electron chi connectivity index (χ2n) is 3.98. The van der Waals surface area contributed by atoms with Gasteiger partial charge in [0, 0.05) is 11.4 Å². The van der Waals surface area contributed by atoms with E-state index in [9.17, 15) is 13.2 Å². The number of nitrogens with zero attached hydrogens (tertiary/aromatic N) is 1. The maximum absolute atomic E-state index is 12.7. The van der Waals surface area contributed by atoms with Crippen LogP contribution >= 0.6 is 0 Å². The summed E-state index contributed by atoms with van der Waals surface area (Å²) >= 11 is 0. The van der Waals surface area contributed by atoms with Crippen molar-refractivity contribution in [2.75, 3.05) is 5.73 Å². The van der Waals surface area contributed by atoms with Gasteiger partial charge in [0.05, 0.1) is 11.8 Å². The Balaban J connectivity index is 2.29. The minimum absolute atomic E-state index is 0.0622. The molecule has 0 spiro atoms. The lowest BCUT2D eigenvalue weighted by Gasteiger charge is -2.12. The number of ether oxygens (including phenoxy) is 1. The number of hydrogen-bond acceptors (Lipinski definition) is 3. The second kappa shape index (κ2) is 4.79. The van der Waals surface area contributed by atoms with Crippen molar-refractivity contribution in [3.63, 3.8) is 0 Å². The molecule has 100 valence electrons. The van der Waals surface area contributed by atoms with Gasteiger partial charge in [0.15, 0.2) is 0 Å². The van der Waals surface area contributed by atoms with Gasteiger partial charge >= 0.3 is 6.18 Å². The van der Waals surface area contributed by atoms with Crippen LogP contribution in [0.3, 0.4) is 0 Å². The molecule has 2 aromatic rings. The first-order valence-electron chi connectivity index (χ1n) is 5.43. The Labute approximate surface area is 107 Å². The molecule has 0 aliphatic heterocycles. The number of pyridine rings is 1. The molecule has 0 bridgehead atoms. The topological polar surface area (TPSA) is 48.1 Å². The summed E-state index contributed by atoms with van der Waals surface area (Å²) < 4.78 is 43.3. The van der Waals surface area contributed by atoms with Gasteiger partial charge in [-0.3, -0.25) is 4.98 Å². The van der Waals surface area contributed by atoms with Crippen LogP contribution in [-0.2, 0) is 6.18 Å². The first kappa shape index (κ1) is 13.2. The molecule has 0 aliphatic carbocycles. The van der Waals surface area contributed by atoms with Crippen molar-refractivity contribution in [1.82, 2.24) is 4.98 Å². The number of rotatable bonds is 2. The van der Waals surface area contributed by atoms with Gasteiger partial charge < -0.3 is 10.5 Å². The van der Waals surface area contributed by atoms with Gasteiger partial charge in [-0.15, -0.1) is 0 Å². The number of nitrogen functional groups attached to an aromatic ring is 1. The Morgan fingerprint density at radius 1 is 1.11 bits per heavy atom. The van der Waals surface area contributed by atoms with E-state index < -0.39 is 11.7 Å². The van der Waals surface area contributed by atoms with Crippen LogP contribution in [-0.4, -0.2) is 4.98 Å². The molecule has 6 heteroatoms. The SMILES string of the molecule is Cc1ccc(Oc2ccc(N)c(C(F)(F)F)c2)cn1. The van der Waals surface area contributed by atoms with E-state index >= 15 is 0 Å². The molecule has 0 saturated heterocycles. The number of benzene rings is 1. The van der Waals surface area contributed by atoms with Crippen LogP contribution in [0.2, 0.25) is 0 Å². The number of nitrogens with two attached hydrogens (primary N) is 1. The highest BCUT2D eigenvalue weighted by molar-refractivity contribution is 5.52. The van der Waals surface area contributed by atoms with Gasteiger partial charge in [0.2, 0.25) is 0 Å². The summed E-state index contributed by atoms with van der Waals surface area (Å²) in [6.07, 6.45) is -3.06. The molecule has 0 aliphatic rings. The summed E-state index contributed by atoms with van der Waals surface area (Å²) in [5.41, 5.74) is 4.85. The van der Waals surface area contributed by atoms with Crippen LogP contribution in [0.5, 0.6) is 11.5 Å². The average molecular weight is 268 g/mol. The molecule has 1 aromatic heterocycles. The third-order valence-electron chi connectivity index (χ3n) is 2.45. The maximum atomic E-state index is 12.7. The number of hydrogen-bond donors (Lipinski definition) is 1. The summed E-state index contributed by atoms with van der Waals surface area (Å²) in [6, 6.07) is 6.75. The molecule has 2 rings (SSSR count). The molecule has 0 amide bonds. The summed E-state index contributed by atoms with van der Waals surface area (Å²) in [5.74, 6) is 0.427. The third-order valence-corrected chi connectivity index (χ3v) is 2.45. The van der Waals surface area contributed by atoms with Crippen LogP contribution in [0.4, 0.5) is 18.9 Å². The van der Waals surface area contributed by atoms with Crippen molar-refractivity contribution >= 4 is 5.69 Å². The van der Waals surface area contributed by atoms with Crippen molar-refractivity contribution in [3.8, 4) is 11.5 Å². The Morgan fingerprint density at radius 3 is 2.37 bits per heavy atom. The van der Waals surface area contributed by atoms with E-state index in [0.717, 1.165) is 11.8 Å². The Bertz CT molecular complexity index is 579. The molecule has 1 heterocycles. The number of aromatic nitrogens is 1. The fraction of sp³-hybridized carbons (Fsp3) is 0.154. The van der Waals surface area contributed by atoms with Gasteiger partial charge in [-0.2, -0.15) is 13.2 Å². The van der Waals surface area contributed by atoms with Crippen LogP contribution in [0, 0.1) is 6.92 Å². The van der Waals surface area contributed by atoms with Gasteiger partial charge in [-0.1, -0.05) is 0 Å². The molecule has 0 saturated carbocycles. The van der Waals surface area contributed by atoms with E-state index in [4.69, 9.17) is 10.5 Å². The molecule has 19 heavy (non-hydrogen) atoms. The first-order chi connectivity index (χ1) is 8.86. The summed E-state index contributed by atoms with van der Waals surface area (Å²) in [4.78, 5) is 3.99. The standard InChI is InChI=1S/C13H11F3N2O/c1-8-2-3-10(7-18-8)19-9-4-5-12(17)11(6-9)13(14,15)16/h2-7H,17H2,1H3. The molecular weight excluding hydrogens is 257 g/mol. The number of alkyl halides is 3. The quantitative estimate of drug-likeness (QED) is 0.843. The Morgan fingerprint density at radius 2 is 1.79 bits per heavy atom. The maximum Gasteiger partial charge on any atom is 0.418 e. The van der Waals surface area contributed by atoms with E-state index in [1.165, 1.54) is 18.3 Å². The third kappa shape index (κ3) is 3.15. The van der Waals surface area contributed by atoms with Crippen molar-refractivity contribution in [2.45, 2.75) is 13.1 Å². The lowest BCUT2D eigenvalue weighted by Crippen LogP contribution is -2.08. The lowest BCUT2D eigenvalue weighted by atomic mass is 10.1. The van der Waals surface area contributed by atoms with E-state index in [1.807, 2.05) is 0 Å². The lowest BCUT2D eigenvalue weighted by molar-refractivity contribution is -0.137. The monoisotopic (exact) mass is 268 g/mol. The van der Waals surface area contributed by atoms with Crippen molar-refractivity contribution in [1.29, 1.82) is 0 Å². The number of anilines is 1. The minimum atomic E-state index is -4.50. The molecule has 1 aromatic carbocycles. The van der Waals surface area contributed by atoms with Crippen LogP contribution < -0.4 is 10.5 Å². The normalized spacial score (nSPS) is 11.4. The van der Waals surface area contributed by atoms with Crippen LogP contribution in [0.25, 0.3) is 0 Å². The summed E-state index contributed by atoms with van der Waals surface area (Å²) in [5, 5.41) is 0. The van der Waals surface area contributed by atoms with Gasteiger partial charge in [0.25, 0.3) is 0 Å². The zero-order chi connectivity index (χ0) is 14.0. The van der Waals surface area contributed by atoms with Crippen molar-refractivity contribution in [2.24, 2.45) is 0 Å². The Hall–Kier alpha value is -2.24. The minimum Gasteiger partial charge on any atom is -0.456 e. The van der Waals surface area contributed by atoms with Crippen molar-refractivity contribution in [3.05, 3.63) is 47.8 Å². The molecule has 0 fully saturated rings. The van der Waals surface area contributed by atoms with E-state index in [1.54, 1.807) is 19.1 Å². The van der Waals surface area contributed by atoms with E-state index in [-0.39, 0.29) is 11.4 Å². The highest BCUT2D eigenvalue weighted by Gasteiger charge is 2.33. The summed E-state index contributed by atoms with van der Waals surface area (Å²) in [6.45, 7) is 1.80. The van der Waals surface area contributed by atoms with E-state index in [0.29, 0.717) is 5.75 Å². The predicted molar refractivity (Wildman–Crippen MR) is 64.9 cm³/mol. The highest BCUT2D eigenvalue weighted by atomic mass is 19.4. The van der Waals surface area contributed by atoms with E-state index in [2.05, 4.69) is 4.98 Å². The van der Waals surface area contributed by atoms with Gasteiger partial charge in [0.1, 0.15) is 11.5 Å². The predicted octanol–water partition coefficient (Wildman–Crippen LogP) is 3.78. The number of halogens is 3. The zero-order valence-corrected chi connectivity index (χ0v) is 10.0. The second-order valence-corrected chi connectivity index (χ2v) is 3.98. The summed E-state index contributed by atoms with van der Waals surface area (Å²) in [7, 11) is 0. The molecule has 2 N–H and O–H groups in total. The molecular formula is C13H11F3N2O. The molecule has 0 atom stereocenters. The van der Waals surface area contributed by atoms with Crippen LogP contribution in [0.15, 0.2) is 36.5 Å². The van der Waals surface area contributed by atoms with Crippen LogP contribution in [0.1, 0.15) is 11.3 Å². The Kier molecular flexibility index (Phi) is 3.33. The average Bonchev–Trinajstić information content (AvgIpc) is 2.33. The molecule has 0 unspecified atom stereocenters. The van der Waals surface area contributed by atoms with Crippen molar-refractivity contribution < 1.29 is 17.9 Å². The fourth-order valence-corrected chi connectivity index (χ4v) is 1.50. The fourth-order valence-electron chi connectivity index (χ4n) is 1.50. The smallest absolute Gasteiger partial charge is 0.418 e. The van der Waals surface area contributed by atoms with Gasteiger partial charge in [-0.25, -0.2) is 0 Å². The zero-order valence-electron chi connectivity index (χ0n) is 10.0. The largest absolute Gasteiger partial charge is 0.456 e. The number of aryl methyl sites for hydroxylation is 1. The first-order valence-corrected chi connectivity index (χ1v) is 5.43. The molecule has 0 radical (unpaired) electrons. The molecule has 3 nitrogen and oxygen atoms in total. The van der Waals surface area contributed by atoms with Gasteiger partial charge in [-0.05, 0) is 37.3 Å². The highest BCUT2D eigenvalue weighted by Crippen LogP contribution is 2.36.